The Morgan fingerprint density at radius 3 is 3.15 bits per heavy atom. The topological polar surface area (TPSA) is 70.2 Å². The zero-order chi connectivity index (χ0) is 18.6. The van der Waals surface area contributed by atoms with Crippen molar-refractivity contribution in [3.05, 3.63) is 52.2 Å². The Labute approximate surface area is 160 Å². The standard InChI is InChI=1S/C19H21FN4O2S/c20-14-3-4-16-17(8-14)23-18(22-16)9-21-19(25)24(10-13-5-7-27-12-13)11-15-2-1-6-26-15/h3-5,7-8,12,15H,1-2,6,9-11H2,(H,21,25)(H,22,23). The highest BCUT2D eigenvalue weighted by molar-refractivity contribution is 7.07. The fourth-order valence-electron chi connectivity index (χ4n) is 3.25. The van der Waals surface area contributed by atoms with Crippen molar-refractivity contribution in [1.82, 2.24) is 20.2 Å². The van der Waals surface area contributed by atoms with Gasteiger partial charge in [0.15, 0.2) is 0 Å². The van der Waals surface area contributed by atoms with Crippen LogP contribution in [0.2, 0.25) is 0 Å². The molecule has 2 amide bonds. The van der Waals surface area contributed by atoms with Crippen molar-refractivity contribution in [1.29, 1.82) is 0 Å². The summed E-state index contributed by atoms with van der Waals surface area (Å²) in [6.07, 6.45) is 2.10. The van der Waals surface area contributed by atoms with E-state index in [-0.39, 0.29) is 24.5 Å². The number of carbonyl (C=O) groups is 1. The van der Waals surface area contributed by atoms with Gasteiger partial charge in [-0.2, -0.15) is 11.3 Å². The first-order valence-corrected chi connectivity index (χ1v) is 9.91. The summed E-state index contributed by atoms with van der Waals surface area (Å²) in [5, 5.41) is 6.96. The number of fused-ring (bicyclic) bond motifs is 1. The van der Waals surface area contributed by atoms with Crippen molar-refractivity contribution in [3.8, 4) is 0 Å². The highest BCUT2D eigenvalue weighted by Gasteiger charge is 2.23. The van der Waals surface area contributed by atoms with E-state index >= 15 is 0 Å². The molecule has 1 aliphatic heterocycles. The summed E-state index contributed by atoms with van der Waals surface area (Å²) in [5.41, 5.74) is 2.40. The lowest BCUT2D eigenvalue weighted by molar-refractivity contribution is 0.0794. The number of aromatic amines is 1. The lowest BCUT2D eigenvalue weighted by atomic mass is 10.2. The van der Waals surface area contributed by atoms with Gasteiger partial charge in [-0.05, 0) is 53.4 Å². The Balaban J connectivity index is 1.41. The van der Waals surface area contributed by atoms with Crippen LogP contribution in [0.25, 0.3) is 11.0 Å². The lowest BCUT2D eigenvalue weighted by Gasteiger charge is -2.25. The number of ether oxygens (including phenoxy) is 1. The largest absolute Gasteiger partial charge is 0.376 e. The molecule has 1 saturated heterocycles. The number of imidazole rings is 1. The van der Waals surface area contributed by atoms with Crippen molar-refractivity contribution in [2.24, 2.45) is 0 Å². The van der Waals surface area contributed by atoms with Crippen LogP contribution in [0.1, 0.15) is 24.2 Å². The van der Waals surface area contributed by atoms with Crippen molar-refractivity contribution < 1.29 is 13.9 Å². The number of hydrogen-bond donors (Lipinski definition) is 2. The Morgan fingerprint density at radius 2 is 2.37 bits per heavy atom. The van der Waals surface area contributed by atoms with Crippen LogP contribution in [0.15, 0.2) is 35.0 Å². The quantitative estimate of drug-likeness (QED) is 0.677. The molecule has 1 atom stereocenters. The Hall–Kier alpha value is -2.45. The fraction of sp³-hybridized carbons (Fsp3) is 0.368. The summed E-state index contributed by atoms with van der Waals surface area (Å²) in [4.78, 5) is 22.0. The van der Waals surface area contributed by atoms with Gasteiger partial charge in [-0.25, -0.2) is 14.2 Å². The van der Waals surface area contributed by atoms with E-state index in [1.807, 2.05) is 16.8 Å². The number of carbonyl (C=O) groups excluding carboxylic acids is 1. The minimum Gasteiger partial charge on any atom is -0.376 e. The molecule has 1 aliphatic rings. The van der Waals surface area contributed by atoms with E-state index in [9.17, 15) is 9.18 Å². The summed E-state index contributed by atoms with van der Waals surface area (Å²) in [6, 6.07) is 6.24. The van der Waals surface area contributed by atoms with Crippen LogP contribution in [0, 0.1) is 5.82 Å². The number of aromatic nitrogens is 2. The van der Waals surface area contributed by atoms with Crippen LogP contribution in [0.3, 0.4) is 0 Å². The van der Waals surface area contributed by atoms with Gasteiger partial charge in [0.25, 0.3) is 0 Å². The fourth-order valence-corrected chi connectivity index (χ4v) is 3.91. The van der Waals surface area contributed by atoms with Gasteiger partial charge in [0.2, 0.25) is 0 Å². The molecule has 2 N–H and O–H groups in total. The van der Waals surface area contributed by atoms with E-state index in [1.54, 1.807) is 22.3 Å². The van der Waals surface area contributed by atoms with Crippen molar-refractivity contribution in [3.63, 3.8) is 0 Å². The number of urea groups is 1. The van der Waals surface area contributed by atoms with Gasteiger partial charge in [0.1, 0.15) is 11.6 Å². The average Bonchev–Trinajstić information content (AvgIpc) is 3.40. The van der Waals surface area contributed by atoms with Gasteiger partial charge >= 0.3 is 6.03 Å². The molecule has 3 aromatic rings. The maximum Gasteiger partial charge on any atom is 0.318 e. The molecule has 0 aliphatic carbocycles. The third-order valence-corrected chi connectivity index (χ3v) is 5.32. The van der Waals surface area contributed by atoms with Crippen LogP contribution >= 0.6 is 11.3 Å². The van der Waals surface area contributed by atoms with Crippen LogP contribution in [-0.2, 0) is 17.8 Å². The minimum absolute atomic E-state index is 0.0866. The molecule has 4 rings (SSSR count). The molecular weight excluding hydrogens is 367 g/mol. The molecular formula is C19H21FN4O2S. The van der Waals surface area contributed by atoms with Gasteiger partial charge < -0.3 is 19.9 Å². The summed E-state index contributed by atoms with van der Waals surface area (Å²) in [5.74, 6) is 0.275. The number of H-pyrrole nitrogens is 1. The van der Waals surface area contributed by atoms with Gasteiger partial charge in [0, 0.05) is 19.7 Å². The number of amides is 2. The minimum atomic E-state index is -0.319. The maximum absolute atomic E-state index is 13.3. The van der Waals surface area contributed by atoms with Gasteiger partial charge in [-0.3, -0.25) is 0 Å². The summed E-state index contributed by atoms with van der Waals surface area (Å²) in [7, 11) is 0. The maximum atomic E-state index is 13.3. The van der Waals surface area contributed by atoms with Crippen molar-refractivity contribution in [2.75, 3.05) is 13.2 Å². The molecule has 0 saturated carbocycles. The molecule has 8 heteroatoms. The van der Waals surface area contributed by atoms with E-state index in [0.717, 1.165) is 25.0 Å². The van der Waals surface area contributed by atoms with E-state index in [0.29, 0.717) is 29.9 Å². The summed E-state index contributed by atoms with van der Waals surface area (Å²) >= 11 is 1.61. The summed E-state index contributed by atoms with van der Waals surface area (Å²) < 4.78 is 19.0. The molecule has 0 radical (unpaired) electrons. The molecule has 1 unspecified atom stereocenters. The monoisotopic (exact) mass is 388 g/mol. The SMILES string of the molecule is O=C(NCc1nc2ccc(F)cc2[nH]1)N(Cc1ccsc1)CC1CCCO1. The molecule has 142 valence electrons. The number of benzene rings is 1. The second kappa shape index (κ2) is 8.06. The Kier molecular flexibility index (Phi) is 5.35. The molecule has 1 aromatic carbocycles. The lowest BCUT2D eigenvalue weighted by Crippen LogP contribution is -2.43. The van der Waals surface area contributed by atoms with Crippen LogP contribution in [0.5, 0.6) is 0 Å². The molecule has 2 aromatic heterocycles. The van der Waals surface area contributed by atoms with Gasteiger partial charge in [-0.15, -0.1) is 0 Å². The highest BCUT2D eigenvalue weighted by Crippen LogP contribution is 2.17. The number of halogens is 1. The Bertz CT molecular complexity index is 906. The van der Waals surface area contributed by atoms with Crippen molar-refractivity contribution in [2.45, 2.75) is 32.0 Å². The Morgan fingerprint density at radius 1 is 1.44 bits per heavy atom. The molecule has 27 heavy (non-hydrogen) atoms. The predicted octanol–water partition coefficient (Wildman–Crippen LogP) is 3.65. The predicted molar refractivity (Wildman–Crippen MR) is 102 cm³/mol. The first-order valence-electron chi connectivity index (χ1n) is 8.97. The van der Waals surface area contributed by atoms with Crippen LogP contribution < -0.4 is 5.32 Å². The van der Waals surface area contributed by atoms with E-state index in [2.05, 4.69) is 15.3 Å². The molecule has 0 bridgehead atoms. The first kappa shape index (κ1) is 17.9. The number of nitrogens with one attached hydrogen (secondary N) is 2. The third kappa shape index (κ3) is 4.45. The van der Waals surface area contributed by atoms with Gasteiger partial charge in [-0.1, -0.05) is 0 Å². The second-order valence-electron chi connectivity index (χ2n) is 6.65. The van der Waals surface area contributed by atoms with Crippen molar-refractivity contribution >= 4 is 28.4 Å². The third-order valence-electron chi connectivity index (χ3n) is 4.59. The second-order valence-corrected chi connectivity index (χ2v) is 7.43. The van der Waals surface area contributed by atoms with E-state index in [1.165, 1.54) is 12.1 Å². The first-order chi connectivity index (χ1) is 13.2. The van der Waals surface area contributed by atoms with Crippen LogP contribution in [-0.4, -0.2) is 40.2 Å². The zero-order valence-corrected chi connectivity index (χ0v) is 15.6. The smallest absolute Gasteiger partial charge is 0.318 e. The molecule has 1 fully saturated rings. The number of rotatable bonds is 6. The average molecular weight is 388 g/mol. The summed E-state index contributed by atoms with van der Waals surface area (Å²) in [6.45, 7) is 2.11. The zero-order valence-electron chi connectivity index (χ0n) is 14.8. The van der Waals surface area contributed by atoms with Gasteiger partial charge in [0.05, 0.1) is 23.7 Å². The van der Waals surface area contributed by atoms with E-state index in [4.69, 9.17) is 4.74 Å². The van der Waals surface area contributed by atoms with Crippen LogP contribution in [0.4, 0.5) is 9.18 Å². The highest BCUT2D eigenvalue weighted by atomic mass is 32.1. The molecule has 3 heterocycles. The number of hydrogen-bond acceptors (Lipinski definition) is 4. The number of thiophene rings is 1. The number of nitrogens with zero attached hydrogens (tertiary/aromatic N) is 2. The molecule has 0 spiro atoms. The molecule has 6 nitrogen and oxygen atoms in total. The normalized spacial score (nSPS) is 16.7. The van der Waals surface area contributed by atoms with E-state index < -0.39 is 0 Å².